The molecule has 22 heavy (non-hydrogen) atoms. The third kappa shape index (κ3) is 4.15. The van der Waals surface area contributed by atoms with Crippen molar-refractivity contribution in [2.24, 2.45) is 5.92 Å². The molecule has 0 saturated carbocycles. The number of anilines is 1. The second-order valence-electron chi connectivity index (χ2n) is 5.06. The Morgan fingerprint density at radius 2 is 1.73 bits per heavy atom. The van der Waals surface area contributed by atoms with Crippen LogP contribution in [0.3, 0.4) is 0 Å². The Labute approximate surface area is 135 Å². The molecule has 0 radical (unpaired) electrons. The molecule has 0 aliphatic heterocycles. The summed E-state index contributed by atoms with van der Waals surface area (Å²) in [5.41, 5.74) is 0.544. The third-order valence-corrected chi connectivity index (χ3v) is 3.25. The Morgan fingerprint density at radius 1 is 1.09 bits per heavy atom. The Kier molecular flexibility index (Phi) is 5.28. The first-order valence-corrected chi connectivity index (χ1v) is 7.29. The largest absolute Gasteiger partial charge is 0.497 e. The molecular weight excluding hydrogens is 302 g/mol. The third-order valence-electron chi connectivity index (χ3n) is 3.01. The molecule has 0 aliphatic carbocycles. The first-order valence-electron chi connectivity index (χ1n) is 6.92. The van der Waals surface area contributed by atoms with Gasteiger partial charge in [-0.25, -0.2) is 0 Å². The van der Waals surface area contributed by atoms with Gasteiger partial charge in [0.15, 0.2) is 5.75 Å². The van der Waals surface area contributed by atoms with Crippen molar-refractivity contribution in [3.8, 4) is 17.2 Å². The molecule has 2 rings (SSSR count). The number of hydrogen-bond acceptors (Lipinski definition) is 3. The van der Waals surface area contributed by atoms with Crippen molar-refractivity contribution in [2.75, 3.05) is 12.4 Å². The molecule has 0 heterocycles. The van der Waals surface area contributed by atoms with Gasteiger partial charge in [0.1, 0.15) is 11.5 Å². The van der Waals surface area contributed by atoms with Crippen LogP contribution in [0.5, 0.6) is 17.2 Å². The average Bonchev–Trinajstić information content (AvgIpc) is 2.50. The van der Waals surface area contributed by atoms with Gasteiger partial charge >= 0.3 is 0 Å². The summed E-state index contributed by atoms with van der Waals surface area (Å²) in [5.74, 6) is 1.69. The number of amides is 1. The number of ether oxygens (including phenoxy) is 2. The molecule has 0 aliphatic rings. The molecule has 0 fully saturated rings. The lowest BCUT2D eigenvalue weighted by atomic mass is 10.2. The topological polar surface area (TPSA) is 47.6 Å². The summed E-state index contributed by atoms with van der Waals surface area (Å²) in [6, 6.07) is 12.3. The van der Waals surface area contributed by atoms with Crippen LogP contribution in [0.4, 0.5) is 5.69 Å². The minimum atomic E-state index is -0.132. The van der Waals surface area contributed by atoms with E-state index in [4.69, 9.17) is 21.1 Å². The Hall–Kier alpha value is -2.20. The first-order chi connectivity index (χ1) is 10.5. The minimum absolute atomic E-state index is 0.0955. The molecule has 0 unspecified atom stereocenters. The van der Waals surface area contributed by atoms with Gasteiger partial charge in [-0.3, -0.25) is 4.79 Å². The van der Waals surface area contributed by atoms with E-state index in [9.17, 15) is 4.79 Å². The van der Waals surface area contributed by atoms with Crippen LogP contribution in [0.1, 0.15) is 13.8 Å². The average molecular weight is 320 g/mol. The van der Waals surface area contributed by atoms with E-state index >= 15 is 0 Å². The maximum atomic E-state index is 11.9. The van der Waals surface area contributed by atoms with Crippen molar-refractivity contribution >= 4 is 23.2 Å². The van der Waals surface area contributed by atoms with Crippen LogP contribution in [0.2, 0.25) is 5.02 Å². The highest BCUT2D eigenvalue weighted by Gasteiger charge is 2.12. The molecule has 2 aromatic rings. The highest BCUT2D eigenvalue weighted by atomic mass is 35.5. The second-order valence-corrected chi connectivity index (χ2v) is 5.50. The number of carbonyl (C=O) groups excluding carboxylic acids is 1. The van der Waals surface area contributed by atoms with E-state index in [1.807, 2.05) is 13.8 Å². The molecule has 116 valence electrons. The number of methoxy groups -OCH3 is 1. The van der Waals surface area contributed by atoms with Crippen LogP contribution >= 0.6 is 11.6 Å². The zero-order valence-corrected chi connectivity index (χ0v) is 13.5. The first kappa shape index (κ1) is 16.2. The molecule has 1 N–H and O–H groups in total. The van der Waals surface area contributed by atoms with Crippen molar-refractivity contribution in [1.82, 2.24) is 0 Å². The molecule has 0 bridgehead atoms. The Bertz CT molecular complexity index is 653. The summed E-state index contributed by atoms with van der Waals surface area (Å²) in [7, 11) is 1.61. The Balaban J connectivity index is 2.23. The molecular formula is C17H18ClNO3. The van der Waals surface area contributed by atoms with Gasteiger partial charge in [0, 0.05) is 10.9 Å². The summed E-state index contributed by atoms with van der Waals surface area (Å²) >= 11 is 6.00. The summed E-state index contributed by atoms with van der Waals surface area (Å²) in [6.07, 6.45) is 0. The molecule has 0 aromatic heterocycles. The van der Waals surface area contributed by atoms with Gasteiger partial charge in [0.2, 0.25) is 5.91 Å². The standard InChI is InChI=1S/C17H18ClNO3/c1-11(2)17(20)19-15-10-12(18)4-9-16(15)22-14-7-5-13(21-3)6-8-14/h4-11H,1-3H3,(H,19,20). The highest BCUT2D eigenvalue weighted by molar-refractivity contribution is 6.31. The van der Waals surface area contributed by atoms with Crippen LogP contribution in [-0.4, -0.2) is 13.0 Å². The molecule has 5 heteroatoms. The lowest BCUT2D eigenvalue weighted by molar-refractivity contribution is -0.118. The van der Waals surface area contributed by atoms with E-state index in [0.717, 1.165) is 5.75 Å². The zero-order valence-electron chi connectivity index (χ0n) is 12.7. The van der Waals surface area contributed by atoms with Gasteiger partial charge in [-0.2, -0.15) is 0 Å². The van der Waals surface area contributed by atoms with E-state index in [2.05, 4.69) is 5.32 Å². The van der Waals surface area contributed by atoms with Crippen molar-refractivity contribution in [1.29, 1.82) is 0 Å². The van der Waals surface area contributed by atoms with E-state index in [-0.39, 0.29) is 11.8 Å². The summed E-state index contributed by atoms with van der Waals surface area (Å²) in [4.78, 5) is 11.9. The number of nitrogens with one attached hydrogen (secondary N) is 1. The van der Waals surface area contributed by atoms with Crippen molar-refractivity contribution in [3.63, 3.8) is 0 Å². The smallest absolute Gasteiger partial charge is 0.227 e. The quantitative estimate of drug-likeness (QED) is 0.866. The summed E-state index contributed by atoms with van der Waals surface area (Å²) in [6.45, 7) is 3.65. The van der Waals surface area contributed by atoms with Crippen LogP contribution < -0.4 is 14.8 Å². The number of halogens is 1. The lowest BCUT2D eigenvalue weighted by Gasteiger charge is -2.14. The number of carbonyl (C=O) groups is 1. The van der Waals surface area contributed by atoms with Gasteiger partial charge in [-0.15, -0.1) is 0 Å². The second kappa shape index (κ2) is 7.18. The van der Waals surface area contributed by atoms with Crippen LogP contribution in [0.15, 0.2) is 42.5 Å². The fraction of sp³-hybridized carbons (Fsp3) is 0.235. The maximum absolute atomic E-state index is 11.9. The van der Waals surface area contributed by atoms with E-state index < -0.39 is 0 Å². The van der Waals surface area contributed by atoms with Gasteiger partial charge < -0.3 is 14.8 Å². The Morgan fingerprint density at radius 3 is 2.32 bits per heavy atom. The van der Waals surface area contributed by atoms with Gasteiger partial charge in [0.05, 0.1) is 12.8 Å². The van der Waals surface area contributed by atoms with Gasteiger partial charge in [-0.05, 0) is 42.5 Å². The fourth-order valence-corrected chi connectivity index (χ4v) is 1.91. The van der Waals surface area contributed by atoms with Gasteiger partial charge in [-0.1, -0.05) is 25.4 Å². The maximum Gasteiger partial charge on any atom is 0.227 e. The van der Waals surface area contributed by atoms with Crippen LogP contribution in [0.25, 0.3) is 0 Å². The number of benzene rings is 2. The van der Waals surface area contributed by atoms with Crippen LogP contribution in [0, 0.1) is 5.92 Å². The predicted molar refractivity (Wildman–Crippen MR) is 88.0 cm³/mol. The number of rotatable bonds is 5. The minimum Gasteiger partial charge on any atom is -0.497 e. The molecule has 0 saturated heterocycles. The van der Waals surface area contributed by atoms with Crippen molar-refractivity contribution in [3.05, 3.63) is 47.5 Å². The summed E-state index contributed by atoms with van der Waals surface area (Å²) in [5, 5.41) is 3.35. The van der Waals surface area contributed by atoms with E-state index in [1.165, 1.54) is 0 Å². The monoisotopic (exact) mass is 319 g/mol. The molecule has 2 aromatic carbocycles. The predicted octanol–water partition coefficient (Wildman–Crippen LogP) is 4.74. The molecule has 0 atom stereocenters. The normalized spacial score (nSPS) is 10.4. The fourth-order valence-electron chi connectivity index (χ4n) is 1.74. The molecule has 4 nitrogen and oxygen atoms in total. The molecule has 1 amide bonds. The van der Waals surface area contributed by atoms with E-state index in [1.54, 1.807) is 49.6 Å². The molecule has 0 spiro atoms. The zero-order chi connectivity index (χ0) is 16.1. The van der Waals surface area contributed by atoms with Crippen LogP contribution in [-0.2, 0) is 4.79 Å². The van der Waals surface area contributed by atoms with Crippen molar-refractivity contribution in [2.45, 2.75) is 13.8 Å². The van der Waals surface area contributed by atoms with Crippen molar-refractivity contribution < 1.29 is 14.3 Å². The number of hydrogen-bond donors (Lipinski definition) is 1. The SMILES string of the molecule is COc1ccc(Oc2ccc(Cl)cc2NC(=O)C(C)C)cc1. The summed E-state index contributed by atoms with van der Waals surface area (Å²) < 4.78 is 10.9. The van der Waals surface area contributed by atoms with E-state index in [0.29, 0.717) is 22.2 Å². The lowest BCUT2D eigenvalue weighted by Crippen LogP contribution is -2.18. The highest BCUT2D eigenvalue weighted by Crippen LogP contribution is 2.33. The van der Waals surface area contributed by atoms with Gasteiger partial charge in [0.25, 0.3) is 0 Å².